The smallest absolute Gasteiger partial charge is 0.228 e. The Hall–Kier alpha value is -4.06. The maximum atomic E-state index is 14.3. The SMILES string of the molecule is COc1cc(C=C2C(C)=C(CC(=O)Nc3ccc(C(C)(C)C)cc3)c3cc(F)ccc32)cc(OC)c1O. The molecule has 0 atom stereocenters. The number of ether oxygens (including phenoxy) is 2. The summed E-state index contributed by atoms with van der Waals surface area (Å²) >= 11 is 0. The second-order valence-electron chi connectivity index (χ2n) is 10.2. The van der Waals surface area contributed by atoms with Gasteiger partial charge in [0.15, 0.2) is 11.5 Å². The van der Waals surface area contributed by atoms with Crippen LogP contribution in [0.3, 0.4) is 0 Å². The average molecular weight is 502 g/mol. The third-order valence-electron chi connectivity index (χ3n) is 6.64. The third-order valence-corrected chi connectivity index (χ3v) is 6.64. The van der Waals surface area contributed by atoms with E-state index in [2.05, 4.69) is 26.1 Å². The summed E-state index contributed by atoms with van der Waals surface area (Å²) in [5, 5.41) is 13.2. The van der Waals surface area contributed by atoms with Crippen LogP contribution in [0.4, 0.5) is 10.1 Å². The molecule has 2 N–H and O–H groups in total. The number of phenolic OH excluding ortho intramolecular Hbond substituents is 1. The molecule has 1 aliphatic carbocycles. The van der Waals surface area contributed by atoms with Gasteiger partial charge in [0, 0.05) is 5.69 Å². The van der Waals surface area contributed by atoms with Gasteiger partial charge in [0.05, 0.1) is 20.6 Å². The van der Waals surface area contributed by atoms with Crippen LogP contribution in [0.1, 0.15) is 56.4 Å². The number of halogens is 1. The maximum absolute atomic E-state index is 14.3. The summed E-state index contributed by atoms with van der Waals surface area (Å²) in [6, 6.07) is 15.8. The van der Waals surface area contributed by atoms with E-state index in [1.807, 2.05) is 37.3 Å². The quantitative estimate of drug-likeness (QED) is 0.375. The van der Waals surface area contributed by atoms with E-state index in [-0.39, 0.29) is 40.8 Å². The molecule has 0 aromatic heterocycles. The van der Waals surface area contributed by atoms with Crippen LogP contribution in [0.15, 0.2) is 60.2 Å². The van der Waals surface area contributed by atoms with Gasteiger partial charge >= 0.3 is 0 Å². The number of methoxy groups -OCH3 is 2. The minimum absolute atomic E-state index is 0.0242. The zero-order chi connectivity index (χ0) is 26.9. The van der Waals surface area contributed by atoms with Crippen molar-refractivity contribution >= 4 is 28.8 Å². The first-order valence-corrected chi connectivity index (χ1v) is 12.1. The van der Waals surface area contributed by atoms with Gasteiger partial charge < -0.3 is 19.9 Å². The van der Waals surface area contributed by atoms with Crippen LogP contribution in [0.2, 0.25) is 0 Å². The molecule has 3 aromatic carbocycles. The number of phenols is 1. The Bertz CT molecular complexity index is 1390. The number of rotatable bonds is 6. The molecule has 5 nitrogen and oxygen atoms in total. The number of amides is 1. The summed E-state index contributed by atoms with van der Waals surface area (Å²) < 4.78 is 24.8. The van der Waals surface area contributed by atoms with Gasteiger partial charge in [-0.05, 0) is 93.8 Å². The van der Waals surface area contributed by atoms with Crippen LogP contribution in [0.25, 0.3) is 17.2 Å². The molecule has 4 rings (SSSR count). The van der Waals surface area contributed by atoms with Crippen molar-refractivity contribution in [3.05, 3.63) is 88.2 Å². The van der Waals surface area contributed by atoms with Gasteiger partial charge in [-0.1, -0.05) is 39.0 Å². The van der Waals surface area contributed by atoms with Crippen LogP contribution in [-0.2, 0) is 10.2 Å². The van der Waals surface area contributed by atoms with Gasteiger partial charge in [0.2, 0.25) is 11.7 Å². The lowest BCUT2D eigenvalue weighted by molar-refractivity contribution is -0.115. The molecule has 0 aliphatic heterocycles. The topological polar surface area (TPSA) is 67.8 Å². The minimum atomic E-state index is -0.364. The second-order valence-corrected chi connectivity index (χ2v) is 10.2. The molecule has 0 radical (unpaired) electrons. The highest BCUT2D eigenvalue weighted by molar-refractivity contribution is 6.10. The highest BCUT2D eigenvalue weighted by atomic mass is 19.1. The van der Waals surface area contributed by atoms with Gasteiger partial charge in [-0.15, -0.1) is 0 Å². The maximum Gasteiger partial charge on any atom is 0.228 e. The van der Waals surface area contributed by atoms with Crippen molar-refractivity contribution in [1.29, 1.82) is 0 Å². The lowest BCUT2D eigenvalue weighted by Gasteiger charge is -2.19. The van der Waals surface area contributed by atoms with E-state index in [0.717, 1.165) is 27.8 Å². The first kappa shape index (κ1) is 26.0. The Balaban J connectivity index is 1.67. The lowest BCUT2D eigenvalue weighted by Crippen LogP contribution is -2.13. The largest absolute Gasteiger partial charge is 0.502 e. The molecular formula is C31H32FNO4. The number of carbonyl (C=O) groups excluding carboxylic acids is 1. The fraction of sp³-hybridized carbons (Fsp3) is 0.258. The molecule has 0 saturated carbocycles. The minimum Gasteiger partial charge on any atom is -0.502 e. The Morgan fingerprint density at radius 1 is 0.973 bits per heavy atom. The number of hydrogen-bond acceptors (Lipinski definition) is 4. The van der Waals surface area contributed by atoms with E-state index < -0.39 is 0 Å². The number of anilines is 1. The molecule has 0 heterocycles. The molecule has 1 aliphatic rings. The molecule has 6 heteroatoms. The summed E-state index contributed by atoms with van der Waals surface area (Å²) in [4.78, 5) is 13.0. The molecule has 0 saturated heterocycles. The fourth-order valence-corrected chi connectivity index (χ4v) is 4.56. The molecule has 0 fully saturated rings. The number of nitrogens with one attached hydrogen (secondary N) is 1. The Morgan fingerprint density at radius 2 is 1.59 bits per heavy atom. The zero-order valence-corrected chi connectivity index (χ0v) is 22.0. The van der Waals surface area contributed by atoms with Crippen LogP contribution in [0, 0.1) is 5.82 Å². The van der Waals surface area contributed by atoms with E-state index in [0.29, 0.717) is 11.3 Å². The number of carbonyl (C=O) groups is 1. The molecule has 0 bridgehead atoms. The van der Waals surface area contributed by atoms with E-state index in [1.54, 1.807) is 18.2 Å². The molecule has 3 aromatic rings. The van der Waals surface area contributed by atoms with Crippen LogP contribution in [-0.4, -0.2) is 25.2 Å². The standard InChI is InChI=1S/C31H32FNO4/c1-18-24(13-19-14-27(36-5)30(35)28(15-19)37-6)23-12-9-21(32)16-26(23)25(18)17-29(34)33-22-10-7-20(8-11-22)31(2,3)4/h7-16,35H,17H2,1-6H3,(H,33,34). The van der Waals surface area contributed by atoms with Crippen molar-refractivity contribution in [3.63, 3.8) is 0 Å². The fourth-order valence-electron chi connectivity index (χ4n) is 4.56. The highest BCUT2D eigenvalue weighted by Gasteiger charge is 2.26. The molecule has 37 heavy (non-hydrogen) atoms. The van der Waals surface area contributed by atoms with Gasteiger partial charge in [-0.2, -0.15) is 0 Å². The number of hydrogen-bond donors (Lipinski definition) is 2. The van der Waals surface area contributed by atoms with Crippen molar-refractivity contribution in [1.82, 2.24) is 0 Å². The third kappa shape index (κ3) is 5.38. The van der Waals surface area contributed by atoms with Crippen molar-refractivity contribution in [2.24, 2.45) is 0 Å². The molecule has 192 valence electrons. The normalized spacial score (nSPS) is 14.1. The predicted octanol–water partition coefficient (Wildman–Crippen LogP) is 7.20. The molecule has 0 unspecified atom stereocenters. The van der Waals surface area contributed by atoms with Gasteiger partial charge in [-0.3, -0.25) is 4.79 Å². The van der Waals surface area contributed by atoms with E-state index in [9.17, 15) is 14.3 Å². The number of allylic oxidation sites excluding steroid dienone is 2. The summed E-state index contributed by atoms with van der Waals surface area (Å²) in [5.41, 5.74) is 6.70. The summed E-state index contributed by atoms with van der Waals surface area (Å²) in [7, 11) is 2.94. The van der Waals surface area contributed by atoms with Gasteiger partial charge in [0.1, 0.15) is 5.82 Å². The first-order chi connectivity index (χ1) is 17.5. The Kier molecular flexibility index (Phi) is 7.12. The van der Waals surface area contributed by atoms with Crippen molar-refractivity contribution < 1.29 is 23.8 Å². The first-order valence-electron chi connectivity index (χ1n) is 12.1. The molecular weight excluding hydrogens is 469 g/mol. The number of fused-ring (bicyclic) bond motifs is 1. The second kappa shape index (κ2) is 10.1. The van der Waals surface area contributed by atoms with E-state index >= 15 is 0 Å². The van der Waals surface area contributed by atoms with Crippen LogP contribution < -0.4 is 14.8 Å². The highest BCUT2D eigenvalue weighted by Crippen LogP contribution is 2.45. The Labute approximate surface area is 217 Å². The van der Waals surface area contributed by atoms with Crippen molar-refractivity contribution in [2.75, 3.05) is 19.5 Å². The van der Waals surface area contributed by atoms with Gasteiger partial charge in [0.25, 0.3) is 0 Å². The van der Waals surface area contributed by atoms with Crippen LogP contribution >= 0.6 is 0 Å². The summed E-state index contributed by atoms with van der Waals surface area (Å²) in [6.45, 7) is 8.35. The van der Waals surface area contributed by atoms with Crippen LogP contribution in [0.5, 0.6) is 17.2 Å². The monoisotopic (exact) mass is 501 g/mol. The molecule has 1 amide bonds. The summed E-state index contributed by atoms with van der Waals surface area (Å²) in [6.07, 6.45) is 2.02. The summed E-state index contributed by atoms with van der Waals surface area (Å²) in [5.74, 6) is -0.0654. The predicted molar refractivity (Wildman–Crippen MR) is 146 cm³/mol. The van der Waals surface area contributed by atoms with Gasteiger partial charge in [-0.25, -0.2) is 4.39 Å². The van der Waals surface area contributed by atoms with E-state index in [1.165, 1.54) is 31.9 Å². The number of benzene rings is 3. The lowest BCUT2D eigenvalue weighted by atomic mass is 9.87. The Morgan fingerprint density at radius 3 is 2.16 bits per heavy atom. The zero-order valence-electron chi connectivity index (χ0n) is 22.0. The van der Waals surface area contributed by atoms with Crippen molar-refractivity contribution in [2.45, 2.75) is 39.5 Å². The average Bonchev–Trinajstić information content (AvgIpc) is 3.09. The van der Waals surface area contributed by atoms with Crippen molar-refractivity contribution in [3.8, 4) is 17.2 Å². The number of aromatic hydroxyl groups is 1. The van der Waals surface area contributed by atoms with E-state index in [4.69, 9.17) is 9.47 Å². The molecule has 0 spiro atoms.